The van der Waals surface area contributed by atoms with E-state index in [2.05, 4.69) is 15.0 Å². The molecule has 2 saturated heterocycles. The molecule has 3 aromatic heterocycles. The van der Waals surface area contributed by atoms with E-state index in [0.29, 0.717) is 19.6 Å². The Labute approximate surface area is 347 Å². The molecule has 4 aromatic rings. The molecule has 0 amide bonds. The molecule has 6 rings (SSSR count). The number of aromatic nitrogens is 6. The van der Waals surface area contributed by atoms with Crippen LogP contribution in [0, 0.1) is 37.3 Å². The van der Waals surface area contributed by atoms with E-state index in [-0.39, 0.29) is 43.0 Å². The number of hydrogen-bond donors (Lipinski definition) is 1. The minimum absolute atomic E-state index is 0.000406. The lowest BCUT2D eigenvalue weighted by atomic mass is 10.2. The number of benzene rings is 1. The topological polar surface area (TPSA) is 283 Å². The quantitative estimate of drug-likeness (QED) is 0.0784. The summed E-state index contributed by atoms with van der Waals surface area (Å²) in [5.41, 5.74) is 0.923. The lowest BCUT2D eigenvalue weighted by Gasteiger charge is -2.27. The molecule has 1 N–H and O–H groups in total. The van der Waals surface area contributed by atoms with Crippen LogP contribution in [-0.4, -0.2) is 121 Å². The van der Waals surface area contributed by atoms with E-state index < -0.39 is 75.1 Å². The van der Waals surface area contributed by atoms with Gasteiger partial charge in [-0.3, -0.25) is 4.18 Å². The standard InChI is InChI=1S/C18H23N3O7S.C11H16FN3O4.C6H8FN3O3/c1-14-5-7-16(8-6-14)29(24,25)27-13-15(28-17-4-2-3-11-26-17)12-20-10-9-19-18(20)21(22)23;12-7-9(19-10-3-1-2-6-18-10)8-14-5-4-13-11(14)15(16)17;7-3-5(11)4-9-2-1-8-6(9)10(12)13/h5-10,15,17H,2-4,11-13H2,1H3;4-5,9-10H,1-3,6-8H2;1-2,5,11H,3-4H2/i;12-1;7-1. The van der Waals surface area contributed by atoms with E-state index in [0.717, 1.165) is 42.2 Å². The van der Waals surface area contributed by atoms with Crippen molar-refractivity contribution in [1.29, 1.82) is 0 Å². The zero-order chi connectivity index (χ0) is 44.4. The maximum Gasteiger partial charge on any atom is 0.434 e. The lowest BCUT2D eigenvalue weighted by molar-refractivity contribution is -0.397. The van der Waals surface area contributed by atoms with Gasteiger partial charge >= 0.3 is 17.8 Å². The molecule has 26 heteroatoms. The molecule has 0 aliphatic carbocycles. The van der Waals surface area contributed by atoms with Crippen LogP contribution in [0.4, 0.5) is 26.6 Å². The Kier molecular flexibility index (Phi) is 19.1. The largest absolute Gasteiger partial charge is 0.434 e. The summed E-state index contributed by atoms with van der Waals surface area (Å²) >= 11 is 0. The summed E-state index contributed by atoms with van der Waals surface area (Å²) in [7, 11) is -4.00. The first-order valence-electron chi connectivity index (χ1n) is 19.0. The van der Waals surface area contributed by atoms with E-state index in [1.807, 2.05) is 6.92 Å². The number of nitrogens with zero attached hydrogens (tertiary/aromatic N) is 9. The number of nitro groups is 3. The fraction of sp³-hybridized carbons (Fsp3) is 0.571. The summed E-state index contributed by atoms with van der Waals surface area (Å²) in [6, 6.07) is 6.28. The highest BCUT2D eigenvalue weighted by Gasteiger charge is 2.28. The van der Waals surface area contributed by atoms with Crippen LogP contribution < -0.4 is 0 Å². The van der Waals surface area contributed by atoms with Crippen molar-refractivity contribution in [2.75, 3.05) is 33.2 Å². The molecular weight excluding hydrogens is 839 g/mol. The molecule has 2 aliphatic rings. The van der Waals surface area contributed by atoms with Crippen LogP contribution in [0.25, 0.3) is 0 Å². The van der Waals surface area contributed by atoms with Gasteiger partial charge in [0.1, 0.15) is 88.5 Å². The van der Waals surface area contributed by atoms with Gasteiger partial charge in [0.25, 0.3) is 10.1 Å². The number of alkyl halides is 2. The second-order valence-corrected chi connectivity index (χ2v) is 15.1. The highest BCUT2D eigenvalue weighted by molar-refractivity contribution is 7.86. The van der Waals surface area contributed by atoms with E-state index in [1.165, 1.54) is 58.4 Å². The van der Waals surface area contributed by atoms with Crippen LogP contribution in [0.3, 0.4) is 0 Å². The third-order valence-electron chi connectivity index (χ3n) is 8.81. The molecule has 5 heterocycles. The Hall–Kier alpha value is -5.38. The molecule has 1 aromatic carbocycles. The van der Waals surface area contributed by atoms with Crippen molar-refractivity contribution in [2.24, 2.45) is 0 Å². The Morgan fingerprint density at radius 2 is 1.18 bits per heavy atom. The molecule has 0 radical (unpaired) electrons. The summed E-state index contributed by atoms with van der Waals surface area (Å²) in [6.07, 6.45) is 9.50. The molecule has 5 unspecified atom stereocenters. The third-order valence-corrected chi connectivity index (χ3v) is 10.1. The van der Waals surface area contributed by atoms with Gasteiger partial charge in [-0.25, -0.2) is 22.5 Å². The molecule has 0 spiro atoms. The zero-order valence-electron chi connectivity index (χ0n) is 33.0. The summed E-state index contributed by atoms with van der Waals surface area (Å²) in [5, 5.41) is 41.0. The van der Waals surface area contributed by atoms with Crippen molar-refractivity contribution < 1.29 is 60.2 Å². The van der Waals surface area contributed by atoms with E-state index in [1.54, 1.807) is 12.1 Å². The van der Waals surface area contributed by atoms with Gasteiger partial charge < -0.3 is 54.4 Å². The van der Waals surface area contributed by atoms with Gasteiger partial charge in [0.05, 0.1) is 11.5 Å². The Morgan fingerprint density at radius 1 is 0.738 bits per heavy atom. The van der Waals surface area contributed by atoms with Gasteiger partial charge in [0.15, 0.2) is 12.6 Å². The molecule has 2 fully saturated rings. The minimum Gasteiger partial charge on any atom is -0.390 e. The molecule has 336 valence electrons. The van der Waals surface area contributed by atoms with Crippen LogP contribution >= 0.6 is 0 Å². The average Bonchev–Trinajstić information content (AvgIpc) is 4.03. The zero-order valence-corrected chi connectivity index (χ0v) is 33.8. The van der Waals surface area contributed by atoms with Crippen LogP contribution in [0.2, 0.25) is 0 Å². The number of ether oxygens (including phenoxy) is 4. The van der Waals surface area contributed by atoms with Crippen molar-refractivity contribution in [3.63, 3.8) is 0 Å². The van der Waals surface area contributed by atoms with E-state index >= 15 is 0 Å². The van der Waals surface area contributed by atoms with Crippen molar-refractivity contribution in [3.8, 4) is 0 Å². The van der Waals surface area contributed by atoms with E-state index in [9.17, 15) is 47.5 Å². The third kappa shape index (κ3) is 15.5. The van der Waals surface area contributed by atoms with Gasteiger partial charge in [0.2, 0.25) is 0 Å². The van der Waals surface area contributed by atoms with Crippen molar-refractivity contribution in [3.05, 3.63) is 97.4 Å². The Balaban J connectivity index is 0.000000220. The smallest absolute Gasteiger partial charge is 0.390 e. The highest BCUT2D eigenvalue weighted by atomic mass is 32.2. The number of aryl methyl sites for hydroxylation is 1. The van der Waals surface area contributed by atoms with Crippen molar-refractivity contribution >= 4 is 28.0 Å². The van der Waals surface area contributed by atoms with Crippen molar-refractivity contribution in [1.82, 2.24) is 28.7 Å². The molecule has 0 saturated carbocycles. The number of halogens is 2. The summed E-state index contributed by atoms with van der Waals surface area (Å²) in [5.74, 6) is -1.07. The SMILES string of the molecule is Cc1ccc(S(=O)(=O)OCC(Cn2ccnc2[N+](=O)[O-])OC2CCCCO2)cc1.O=[N+]([O-])c1nccn1CC(C[18F])OC1CCCCO1.O=[N+]([O-])c1nccn1CC(O)C[18F]. The molecule has 61 heavy (non-hydrogen) atoms. The number of aliphatic hydroxyl groups is 1. The number of rotatable bonds is 19. The first kappa shape index (κ1) is 48.3. The van der Waals surface area contributed by atoms with Crippen molar-refractivity contribution in [2.45, 2.75) is 101 Å². The summed E-state index contributed by atoms with van der Waals surface area (Å²) in [6.45, 7) is 0.915. The van der Waals surface area contributed by atoms with E-state index in [4.69, 9.17) is 28.2 Å². The van der Waals surface area contributed by atoms with Gasteiger partial charge in [-0.05, 0) is 72.4 Å². The predicted molar refractivity (Wildman–Crippen MR) is 206 cm³/mol. The Bertz CT molecular complexity index is 2070. The molecule has 23 nitrogen and oxygen atoms in total. The number of hydrogen-bond acceptors (Lipinski definition) is 17. The normalized spacial score (nSPS) is 18.1. The summed E-state index contributed by atoms with van der Waals surface area (Å²) in [4.78, 5) is 41.0. The first-order chi connectivity index (χ1) is 29.2. The average molecular weight is 886 g/mol. The molecular formula is C35H47F2N9O14S. The fourth-order valence-electron chi connectivity index (χ4n) is 5.83. The Morgan fingerprint density at radius 3 is 1.59 bits per heavy atom. The molecule has 2 aliphatic heterocycles. The van der Waals surface area contributed by atoms with Gasteiger partial charge in [0, 0.05) is 13.2 Å². The van der Waals surface area contributed by atoms with Gasteiger partial charge in [-0.1, -0.05) is 32.6 Å². The second kappa shape index (κ2) is 24.2. The number of imidazole rings is 3. The van der Waals surface area contributed by atoms with Crippen LogP contribution in [0.1, 0.15) is 44.1 Å². The molecule has 0 bridgehead atoms. The van der Waals surface area contributed by atoms with Crippen LogP contribution in [0.5, 0.6) is 0 Å². The second-order valence-electron chi connectivity index (χ2n) is 13.5. The summed E-state index contributed by atoms with van der Waals surface area (Å²) < 4.78 is 80.9. The maximum atomic E-state index is 13.0. The monoisotopic (exact) mass is 885 g/mol. The maximum absolute atomic E-state index is 13.0. The fourth-order valence-corrected chi connectivity index (χ4v) is 6.77. The lowest BCUT2D eigenvalue weighted by Crippen LogP contribution is -2.34. The number of aliphatic hydroxyl groups excluding tert-OH is 1. The molecule has 5 atom stereocenters. The minimum atomic E-state index is -4.00. The van der Waals surface area contributed by atoms with Gasteiger partial charge in [-0.15, -0.1) is 0 Å². The van der Waals surface area contributed by atoms with Crippen LogP contribution in [0.15, 0.2) is 66.3 Å². The predicted octanol–water partition coefficient (Wildman–Crippen LogP) is 4.21. The first-order valence-corrected chi connectivity index (χ1v) is 20.4. The highest BCUT2D eigenvalue weighted by Crippen LogP contribution is 2.21. The van der Waals surface area contributed by atoms with Gasteiger partial charge in [-0.2, -0.15) is 8.42 Å². The van der Waals surface area contributed by atoms with Crippen LogP contribution in [-0.2, 0) is 52.9 Å².